The molecule has 1 atom stereocenters. The van der Waals surface area contributed by atoms with E-state index in [-0.39, 0.29) is 11.7 Å². The van der Waals surface area contributed by atoms with Crippen LogP contribution in [0, 0.1) is 5.41 Å². The molecule has 0 aliphatic carbocycles. The Balaban J connectivity index is 2.16. The van der Waals surface area contributed by atoms with Crippen molar-refractivity contribution in [1.82, 2.24) is 0 Å². The summed E-state index contributed by atoms with van der Waals surface area (Å²) in [5, 5.41) is 0. The van der Waals surface area contributed by atoms with Gasteiger partial charge in [-0.1, -0.05) is 13.8 Å². The fourth-order valence-corrected chi connectivity index (χ4v) is 1.86. The fourth-order valence-electron chi connectivity index (χ4n) is 1.86. The van der Waals surface area contributed by atoms with E-state index in [0.717, 1.165) is 38.6 Å². The monoisotopic (exact) mass is 214 g/mol. The molecule has 1 aliphatic heterocycles. The van der Waals surface area contributed by atoms with Crippen LogP contribution < -0.4 is 0 Å². The molecule has 0 aromatic rings. The first-order valence-corrected chi connectivity index (χ1v) is 5.83. The highest BCUT2D eigenvalue weighted by molar-refractivity contribution is 5.48. The number of hydrogen-bond donors (Lipinski definition) is 0. The van der Waals surface area contributed by atoms with Crippen molar-refractivity contribution >= 4 is 6.29 Å². The molecule has 1 aliphatic rings. The van der Waals surface area contributed by atoms with Gasteiger partial charge in [0, 0.05) is 25.0 Å². The third kappa shape index (κ3) is 4.31. The third-order valence-corrected chi connectivity index (χ3v) is 2.86. The smallest absolute Gasteiger partial charge is 0.162 e. The van der Waals surface area contributed by atoms with Crippen LogP contribution in [0.4, 0.5) is 0 Å². The molecule has 0 amide bonds. The van der Waals surface area contributed by atoms with Crippen LogP contribution in [-0.4, -0.2) is 25.8 Å². The van der Waals surface area contributed by atoms with Crippen molar-refractivity contribution in [2.24, 2.45) is 5.41 Å². The Hall–Kier alpha value is -0.410. The highest BCUT2D eigenvalue weighted by Crippen LogP contribution is 2.33. The lowest BCUT2D eigenvalue weighted by Gasteiger charge is -2.37. The molecule has 3 heteroatoms. The van der Waals surface area contributed by atoms with Crippen molar-refractivity contribution in [2.75, 3.05) is 13.2 Å². The van der Waals surface area contributed by atoms with Crippen LogP contribution >= 0.6 is 0 Å². The number of aldehydes is 1. The zero-order valence-corrected chi connectivity index (χ0v) is 9.83. The molecule has 0 aromatic heterocycles. The standard InChI is InChI=1S/C12H22O3/c1-12(2)7-6-10-15-11(12)14-9-5-3-4-8-13/h8,11H,3-7,9-10H2,1-2H3. The SMILES string of the molecule is CC1(C)CCCOC1OCCCCC=O. The number of rotatable bonds is 6. The van der Waals surface area contributed by atoms with Gasteiger partial charge in [0.25, 0.3) is 0 Å². The lowest BCUT2D eigenvalue weighted by atomic mass is 9.85. The van der Waals surface area contributed by atoms with Gasteiger partial charge in [0.05, 0.1) is 0 Å². The van der Waals surface area contributed by atoms with E-state index >= 15 is 0 Å². The quantitative estimate of drug-likeness (QED) is 0.503. The van der Waals surface area contributed by atoms with Gasteiger partial charge >= 0.3 is 0 Å². The molecule has 0 spiro atoms. The van der Waals surface area contributed by atoms with E-state index in [1.165, 1.54) is 0 Å². The Morgan fingerprint density at radius 3 is 2.93 bits per heavy atom. The van der Waals surface area contributed by atoms with Crippen LogP contribution in [0.25, 0.3) is 0 Å². The van der Waals surface area contributed by atoms with Gasteiger partial charge in [-0.3, -0.25) is 0 Å². The first-order valence-electron chi connectivity index (χ1n) is 5.83. The number of carbonyl (C=O) groups excluding carboxylic acids is 1. The molecule has 0 N–H and O–H groups in total. The first kappa shape index (κ1) is 12.7. The second-order valence-electron chi connectivity index (χ2n) is 4.83. The second kappa shape index (κ2) is 6.23. The molecule has 3 nitrogen and oxygen atoms in total. The Morgan fingerprint density at radius 2 is 2.27 bits per heavy atom. The summed E-state index contributed by atoms with van der Waals surface area (Å²) in [5.41, 5.74) is 0.128. The molecule has 1 heterocycles. The Morgan fingerprint density at radius 1 is 1.47 bits per heavy atom. The fraction of sp³-hybridized carbons (Fsp3) is 0.917. The third-order valence-electron chi connectivity index (χ3n) is 2.86. The van der Waals surface area contributed by atoms with Crippen molar-refractivity contribution in [3.8, 4) is 0 Å². The van der Waals surface area contributed by atoms with E-state index in [1.807, 2.05) is 0 Å². The van der Waals surface area contributed by atoms with Crippen molar-refractivity contribution in [1.29, 1.82) is 0 Å². The van der Waals surface area contributed by atoms with Gasteiger partial charge in [0.15, 0.2) is 6.29 Å². The maximum absolute atomic E-state index is 10.1. The Labute approximate surface area is 92.1 Å². The summed E-state index contributed by atoms with van der Waals surface area (Å²) in [6.07, 6.45) is 5.66. The highest BCUT2D eigenvalue weighted by atomic mass is 16.7. The van der Waals surface area contributed by atoms with Crippen LogP contribution in [0.1, 0.15) is 46.0 Å². The van der Waals surface area contributed by atoms with Crippen LogP contribution in [-0.2, 0) is 14.3 Å². The molecule has 0 radical (unpaired) electrons. The number of ether oxygens (including phenoxy) is 2. The van der Waals surface area contributed by atoms with Gasteiger partial charge in [0.2, 0.25) is 0 Å². The molecule has 0 bridgehead atoms. The lowest BCUT2D eigenvalue weighted by Crippen LogP contribution is -2.38. The average Bonchev–Trinajstić information content (AvgIpc) is 2.19. The number of carbonyl (C=O) groups is 1. The predicted octanol–water partition coefficient (Wildman–Crippen LogP) is 2.53. The van der Waals surface area contributed by atoms with Gasteiger partial charge in [-0.2, -0.15) is 0 Å². The highest BCUT2D eigenvalue weighted by Gasteiger charge is 2.33. The Kier molecular flexibility index (Phi) is 5.26. The van der Waals surface area contributed by atoms with Gasteiger partial charge in [-0.15, -0.1) is 0 Å². The topological polar surface area (TPSA) is 35.5 Å². The molecule has 0 saturated carbocycles. The maximum Gasteiger partial charge on any atom is 0.162 e. The summed E-state index contributed by atoms with van der Waals surface area (Å²) in [6.45, 7) is 5.87. The number of hydrogen-bond acceptors (Lipinski definition) is 3. The summed E-state index contributed by atoms with van der Waals surface area (Å²) < 4.78 is 11.3. The molecule has 1 saturated heterocycles. The van der Waals surface area contributed by atoms with Crippen LogP contribution in [0.3, 0.4) is 0 Å². The van der Waals surface area contributed by atoms with Crippen molar-refractivity contribution < 1.29 is 14.3 Å². The zero-order chi connectivity index (χ0) is 11.1. The van der Waals surface area contributed by atoms with E-state index in [9.17, 15) is 4.79 Å². The molecule has 15 heavy (non-hydrogen) atoms. The molecule has 0 aromatic carbocycles. The summed E-state index contributed by atoms with van der Waals surface area (Å²) in [7, 11) is 0. The van der Waals surface area contributed by atoms with E-state index < -0.39 is 0 Å². The van der Waals surface area contributed by atoms with Crippen LogP contribution in [0.2, 0.25) is 0 Å². The van der Waals surface area contributed by atoms with E-state index in [0.29, 0.717) is 13.0 Å². The summed E-state index contributed by atoms with van der Waals surface area (Å²) >= 11 is 0. The van der Waals surface area contributed by atoms with Crippen molar-refractivity contribution in [2.45, 2.75) is 52.2 Å². The van der Waals surface area contributed by atoms with Crippen molar-refractivity contribution in [3.63, 3.8) is 0 Å². The minimum Gasteiger partial charge on any atom is -0.352 e. The summed E-state index contributed by atoms with van der Waals surface area (Å²) in [4.78, 5) is 10.1. The van der Waals surface area contributed by atoms with E-state index in [4.69, 9.17) is 9.47 Å². The molecule has 88 valence electrons. The zero-order valence-electron chi connectivity index (χ0n) is 9.83. The van der Waals surface area contributed by atoms with E-state index in [2.05, 4.69) is 13.8 Å². The normalized spacial score (nSPS) is 25.1. The van der Waals surface area contributed by atoms with Gasteiger partial charge < -0.3 is 14.3 Å². The summed E-state index contributed by atoms with van der Waals surface area (Å²) in [6, 6.07) is 0. The number of unbranched alkanes of at least 4 members (excludes halogenated alkanes) is 2. The van der Waals surface area contributed by atoms with Crippen molar-refractivity contribution in [3.05, 3.63) is 0 Å². The van der Waals surface area contributed by atoms with Gasteiger partial charge in [-0.25, -0.2) is 0 Å². The molecule has 1 unspecified atom stereocenters. The minimum atomic E-state index is -0.0671. The van der Waals surface area contributed by atoms with Gasteiger partial charge in [-0.05, 0) is 25.7 Å². The first-order chi connectivity index (χ1) is 7.17. The Bertz CT molecular complexity index is 189. The van der Waals surface area contributed by atoms with Crippen LogP contribution in [0.15, 0.2) is 0 Å². The summed E-state index contributed by atoms with van der Waals surface area (Å²) in [5.74, 6) is 0. The second-order valence-corrected chi connectivity index (χ2v) is 4.83. The maximum atomic E-state index is 10.1. The lowest BCUT2D eigenvalue weighted by molar-refractivity contribution is -0.221. The average molecular weight is 214 g/mol. The molecular weight excluding hydrogens is 192 g/mol. The molecule has 1 fully saturated rings. The minimum absolute atomic E-state index is 0.0671. The predicted molar refractivity (Wildman–Crippen MR) is 58.6 cm³/mol. The molecule has 1 rings (SSSR count). The molecular formula is C12H22O3. The van der Waals surface area contributed by atoms with E-state index in [1.54, 1.807) is 0 Å². The van der Waals surface area contributed by atoms with Gasteiger partial charge in [0.1, 0.15) is 6.29 Å². The largest absolute Gasteiger partial charge is 0.352 e. The van der Waals surface area contributed by atoms with Crippen LogP contribution in [0.5, 0.6) is 0 Å².